The van der Waals surface area contributed by atoms with Gasteiger partial charge in [-0.2, -0.15) is 0 Å². The fraction of sp³-hybridized carbons (Fsp3) is 0.375. The maximum atomic E-state index is 13.4. The molecule has 2 fully saturated rings. The van der Waals surface area contributed by atoms with Gasteiger partial charge >= 0.3 is 6.09 Å². The number of hydrogen-bond acceptors (Lipinski definition) is 6. The van der Waals surface area contributed by atoms with Crippen LogP contribution in [0.3, 0.4) is 0 Å². The summed E-state index contributed by atoms with van der Waals surface area (Å²) in [6.07, 6.45) is -0.675. The maximum Gasteiger partial charge on any atom is 0.411 e. The third kappa shape index (κ3) is 3.55. The van der Waals surface area contributed by atoms with Crippen molar-refractivity contribution < 1.29 is 24.2 Å². The van der Waals surface area contributed by atoms with Crippen LogP contribution in [0.25, 0.3) is 0 Å². The molecule has 0 bridgehead atoms. The van der Waals surface area contributed by atoms with Gasteiger partial charge in [-0.05, 0) is 30.9 Å². The van der Waals surface area contributed by atoms with Gasteiger partial charge in [0.2, 0.25) is 5.91 Å². The van der Waals surface area contributed by atoms with Crippen LogP contribution in [-0.4, -0.2) is 57.0 Å². The Balaban J connectivity index is 1.63. The van der Waals surface area contributed by atoms with Crippen LogP contribution in [0, 0.1) is 0 Å². The standard InChI is InChI=1S/C24H27N3O5/c1-16(28)19(25)21(29)27-20(18-11-6-3-7-12-18)24(22(27)30)13-8-14-26(24)23(31)32-15-17-9-4-2-5-10-17/h2-7,9-12,16,19-20,28H,8,13-15,25H2,1H3. The monoisotopic (exact) mass is 437 g/mol. The summed E-state index contributed by atoms with van der Waals surface area (Å²) in [7, 11) is 0. The molecule has 168 valence electrons. The molecule has 3 amide bonds. The molecule has 2 aliphatic heterocycles. The number of aliphatic hydroxyl groups is 1. The summed E-state index contributed by atoms with van der Waals surface area (Å²) < 4.78 is 5.52. The number of carbonyl (C=O) groups excluding carboxylic acids is 3. The molecular weight excluding hydrogens is 410 g/mol. The molecular formula is C24H27N3O5. The molecule has 2 heterocycles. The predicted octanol–water partition coefficient (Wildman–Crippen LogP) is 1.98. The Hall–Kier alpha value is -3.23. The second kappa shape index (κ2) is 8.72. The summed E-state index contributed by atoms with van der Waals surface area (Å²) in [6.45, 7) is 1.85. The van der Waals surface area contributed by atoms with Crippen molar-refractivity contribution in [3.63, 3.8) is 0 Å². The molecule has 2 aromatic rings. The molecule has 1 spiro atoms. The van der Waals surface area contributed by atoms with E-state index in [0.29, 0.717) is 19.4 Å². The molecule has 4 unspecified atom stereocenters. The maximum absolute atomic E-state index is 13.4. The first-order valence-corrected chi connectivity index (χ1v) is 10.7. The minimum Gasteiger partial charge on any atom is -0.445 e. The topological polar surface area (TPSA) is 113 Å². The average Bonchev–Trinajstić information content (AvgIpc) is 3.28. The van der Waals surface area contributed by atoms with Gasteiger partial charge in [0.15, 0.2) is 5.54 Å². The lowest BCUT2D eigenvalue weighted by Crippen LogP contribution is -2.76. The molecule has 4 atom stereocenters. The Bertz CT molecular complexity index is 997. The number of β-lactam (4-membered cyclic amide) rings is 1. The Morgan fingerprint density at radius 2 is 1.78 bits per heavy atom. The summed E-state index contributed by atoms with van der Waals surface area (Å²) in [5.41, 5.74) is 6.23. The molecule has 0 saturated carbocycles. The van der Waals surface area contributed by atoms with Crippen LogP contribution in [-0.2, 0) is 20.9 Å². The highest BCUT2D eigenvalue weighted by atomic mass is 16.6. The van der Waals surface area contributed by atoms with E-state index in [-0.39, 0.29) is 6.61 Å². The first-order valence-electron chi connectivity index (χ1n) is 10.7. The fourth-order valence-electron chi connectivity index (χ4n) is 4.64. The van der Waals surface area contributed by atoms with Crippen molar-refractivity contribution in [2.45, 2.75) is 50.1 Å². The van der Waals surface area contributed by atoms with Crippen molar-refractivity contribution in [2.24, 2.45) is 5.73 Å². The van der Waals surface area contributed by atoms with Gasteiger partial charge in [0.1, 0.15) is 12.6 Å². The van der Waals surface area contributed by atoms with Gasteiger partial charge in [0.25, 0.3) is 5.91 Å². The van der Waals surface area contributed by atoms with Gasteiger partial charge in [-0.3, -0.25) is 19.4 Å². The molecule has 4 rings (SSSR count). The Kier molecular flexibility index (Phi) is 5.99. The smallest absolute Gasteiger partial charge is 0.411 e. The normalized spacial score (nSPS) is 24.2. The zero-order valence-corrected chi connectivity index (χ0v) is 17.9. The van der Waals surface area contributed by atoms with Crippen molar-refractivity contribution in [2.75, 3.05) is 6.54 Å². The average molecular weight is 437 g/mol. The Morgan fingerprint density at radius 3 is 2.41 bits per heavy atom. The van der Waals surface area contributed by atoms with Crippen LogP contribution in [0.5, 0.6) is 0 Å². The zero-order valence-electron chi connectivity index (χ0n) is 17.9. The van der Waals surface area contributed by atoms with Crippen LogP contribution in [0.15, 0.2) is 60.7 Å². The number of ether oxygens (including phenoxy) is 1. The van der Waals surface area contributed by atoms with Crippen LogP contribution < -0.4 is 5.73 Å². The Morgan fingerprint density at radius 1 is 1.16 bits per heavy atom. The number of imide groups is 1. The molecule has 2 aliphatic rings. The van der Waals surface area contributed by atoms with Gasteiger partial charge in [0.05, 0.1) is 12.1 Å². The van der Waals surface area contributed by atoms with Crippen molar-refractivity contribution in [1.82, 2.24) is 9.80 Å². The molecule has 0 aromatic heterocycles. The van der Waals surface area contributed by atoms with E-state index in [1.807, 2.05) is 60.7 Å². The van der Waals surface area contributed by atoms with E-state index in [9.17, 15) is 19.5 Å². The molecule has 0 aliphatic carbocycles. The largest absolute Gasteiger partial charge is 0.445 e. The summed E-state index contributed by atoms with van der Waals surface area (Å²) in [6, 6.07) is 16.5. The lowest BCUT2D eigenvalue weighted by Gasteiger charge is -2.56. The van der Waals surface area contributed by atoms with Gasteiger partial charge in [-0.15, -0.1) is 0 Å². The van der Waals surface area contributed by atoms with Gasteiger partial charge in [-0.25, -0.2) is 4.79 Å². The number of aliphatic hydroxyl groups excluding tert-OH is 1. The van der Waals surface area contributed by atoms with Crippen molar-refractivity contribution in [3.8, 4) is 0 Å². The van der Waals surface area contributed by atoms with Crippen molar-refractivity contribution >= 4 is 17.9 Å². The number of nitrogens with two attached hydrogens (primary N) is 1. The molecule has 32 heavy (non-hydrogen) atoms. The minimum atomic E-state index is -1.23. The summed E-state index contributed by atoms with van der Waals surface area (Å²) in [5, 5.41) is 9.81. The zero-order chi connectivity index (χ0) is 22.9. The number of carbonyl (C=O) groups is 3. The van der Waals surface area contributed by atoms with Crippen LogP contribution >= 0.6 is 0 Å². The number of amides is 3. The first-order chi connectivity index (χ1) is 15.4. The molecule has 3 N–H and O–H groups in total. The first kappa shape index (κ1) is 22.0. The van der Waals surface area contributed by atoms with Crippen LogP contribution in [0.2, 0.25) is 0 Å². The highest BCUT2D eigenvalue weighted by Gasteiger charge is 2.69. The van der Waals surface area contributed by atoms with Crippen LogP contribution in [0.1, 0.15) is 36.9 Å². The van der Waals surface area contributed by atoms with Gasteiger partial charge in [-0.1, -0.05) is 60.7 Å². The second-order valence-corrected chi connectivity index (χ2v) is 8.31. The number of benzene rings is 2. The lowest BCUT2D eigenvalue weighted by atomic mass is 9.72. The van der Waals surface area contributed by atoms with E-state index < -0.39 is 41.6 Å². The third-order valence-electron chi connectivity index (χ3n) is 6.30. The highest BCUT2D eigenvalue weighted by Crippen LogP contribution is 2.53. The number of likely N-dealkylation sites (tertiary alicyclic amines) is 2. The summed E-state index contributed by atoms with van der Waals surface area (Å²) in [4.78, 5) is 42.0. The van der Waals surface area contributed by atoms with Crippen molar-refractivity contribution in [1.29, 1.82) is 0 Å². The van der Waals surface area contributed by atoms with E-state index in [4.69, 9.17) is 10.5 Å². The van der Waals surface area contributed by atoms with E-state index in [0.717, 1.165) is 16.0 Å². The van der Waals surface area contributed by atoms with E-state index >= 15 is 0 Å². The summed E-state index contributed by atoms with van der Waals surface area (Å²) >= 11 is 0. The number of nitrogens with zero attached hydrogens (tertiary/aromatic N) is 2. The molecule has 2 aromatic carbocycles. The quantitative estimate of drug-likeness (QED) is 0.692. The molecule has 8 heteroatoms. The SMILES string of the molecule is CC(O)C(N)C(=O)N1C(=O)C2(CCCN2C(=O)OCc2ccccc2)C1c1ccccc1. The predicted molar refractivity (Wildman–Crippen MR) is 116 cm³/mol. The Labute approximate surface area is 186 Å². The number of hydrogen-bond donors (Lipinski definition) is 2. The second-order valence-electron chi connectivity index (χ2n) is 8.31. The molecule has 2 saturated heterocycles. The number of rotatable bonds is 5. The summed E-state index contributed by atoms with van der Waals surface area (Å²) in [5.74, 6) is -1.14. The fourth-order valence-corrected chi connectivity index (χ4v) is 4.64. The van der Waals surface area contributed by atoms with E-state index in [1.165, 1.54) is 11.8 Å². The highest BCUT2D eigenvalue weighted by molar-refractivity contribution is 6.10. The third-order valence-corrected chi connectivity index (χ3v) is 6.30. The van der Waals surface area contributed by atoms with Crippen molar-refractivity contribution in [3.05, 3.63) is 71.8 Å². The molecule has 8 nitrogen and oxygen atoms in total. The minimum absolute atomic E-state index is 0.0893. The van der Waals surface area contributed by atoms with Crippen LogP contribution in [0.4, 0.5) is 4.79 Å². The molecule has 0 radical (unpaired) electrons. The van der Waals surface area contributed by atoms with E-state index in [1.54, 1.807) is 0 Å². The van der Waals surface area contributed by atoms with Gasteiger partial charge in [0, 0.05) is 6.54 Å². The lowest BCUT2D eigenvalue weighted by molar-refractivity contribution is -0.181. The van der Waals surface area contributed by atoms with Gasteiger partial charge < -0.3 is 15.6 Å². The van der Waals surface area contributed by atoms with E-state index in [2.05, 4.69) is 0 Å².